The Morgan fingerprint density at radius 2 is 2.00 bits per heavy atom. The lowest BCUT2D eigenvalue weighted by molar-refractivity contribution is -0.128. The number of hydrogen-bond acceptors (Lipinski definition) is 3. The summed E-state index contributed by atoms with van der Waals surface area (Å²) in [6.07, 6.45) is 3.43. The molecule has 5 nitrogen and oxygen atoms in total. The smallest absolute Gasteiger partial charge is 0.225 e. The first-order valence-corrected chi connectivity index (χ1v) is 6.83. The van der Waals surface area contributed by atoms with Gasteiger partial charge in [0.05, 0.1) is 0 Å². The molecule has 116 valence electrons. The fourth-order valence-electron chi connectivity index (χ4n) is 1.69. The van der Waals surface area contributed by atoms with Crippen molar-refractivity contribution in [1.82, 2.24) is 16.0 Å². The first-order chi connectivity index (χ1) is 8.89. The average Bonchev–Trinajstić information content (AvgIpc) is 2.36. The monoisotopic (exact) mass is 303 g/mol. The Hall–Kier alpha value is -1.07. The highest BCUT2D eigenvalue weighted by molar-refractivity contribution is 5.85. The van der Waals surface area contributed by atoms with Crippen molar-refractivity contribution in [3.63, 3.8) is 0 Å². The van der Waals surface area contributed by atoms with E-state index in [0.717, 1.165) is 19.5 Å². The van der Waals surface area contributed by atoms with Gasteiger partial charge in [0.25, 0.3) is 0 Å². The number of carbonyl (C=O) groups is 2. The van der Waals surface area contributed by atoms with Crippen LogP contribution in [0.3, 0.4) is 0 Å². The fraction of sp³-hybridized carbons (Fsp3) is 0.714. The van der Waals surface area contributed by atoms with Crippen LogP contribution in [0.4, 0.5) is 0 Å². The summed E-state index contributed by atoms with van der Waals surface area (Å²) in [7, 11) is 0. The fourth-order valence-corrected chi connectivity index (χ4v) is 1.69. The van der Waals surface area contributed by atoms with E-state index in [4.69, 9.17) is 0 Å². The van der Waals surface area contributed by atoms with E-state index in [-0.39, 0.29) is 24.2 Å². The van der Waals surface area contributed by atoms with Crippen LogP contribution in [0.25, 0.3) is 0 Å². The highest BCUT2D eigenvalue weighted by atomic mass is 35.5. The molecule has 2 amide bonds. The molecular weight excluding hydrogens is 278 g/mol. The van der Waals surface area contributed by atoms with Crippen molar-refractivity contribution in [2.45, 2.75) is 33.6 Å². The molecule has 0 unspecified atom stereocenters. The summed E-state index contributed by atoms with van der Waals surface area (Å²) in [5, 5.41) is 8.87. The molecule has 1 rings (SSSR count). The topological polar surface area (TPSA) is 70.2 Å². The third-order valence-corrected chi connectivity index (χ3v) is 2.99. The van der Waals surface area contributed by atoms with Crippen LogP contribution >= 0.6 is 12.4 Å². The predicted octanol–water partition coefficient (Wildman–Crippen LogP) is 0.996. The van der Waals surface area contributed by atoms with Crippen LogP contribution in [0.15, 0.2) is 11.6 Å². The SMILES string of the molecule is CC(C)(C)C(=O)NCCC(=O)NCC1=CCNCC1.Cl. The van der Waals surface area contributed by atoms with Crippen molar-refractivity contribution in [1.29, 1.82) is 0 Å². The quantitative estimate of drug-likeness (QED) is 0.664. The Bertz CT molecular complexity index is 362. The summed E-state index contributed by atoms with van der Waals surface area (Å²) in [6, 6.07) is 0. The Morgan fingerprint density at radius 1 is 1.30 bits per heavy atom. The van der Waals surface area contributed by atoms with Crippen LogP contribution in [0.2, 0.25) is 0 Å². The lowest BCUT2D eigenvalue weighted by Gasteiger charge is -2.17. The standard InChI is InChI=1S/C14H25N3O2.ClH/c1-14(2,3)13(19)16-9-6-12(18)17-10-11-4-7-15-8-5-11;/h4,15H,5-10H2,1-3H3,(H,16,19)(H,17,18);1H. The molecule has 0 aliphatic carbocycles. The number of halogens is 1. The molecule has 0 bridgehead atoms. The van der Waals surface area contributed by atoms with E-state index in [1.54, 1.807) is 0 Å². The van der Waals surface area contributed by atoms with Crippen molar-refractivity contribution >= 4 is 24.2 Å². The predicted molar refractivity (Wildman–Crippen MR) is 82.9 cm³/mol. The highest BCUT2D eigenvalue weighted by Gasteiger charge is 2.20. The molecule has 0 aromatic carbocycles. The molecule has 0 aromatic rings. The van der Waals surface area contributed by atoms with Gasteiger partial charge in [-0.1, -0.05) is 32.4 Å². The van der Waals surface area contributed by atoms with Crippen molar-refractivity contribution in [3.05, 3.63) is 11.6 Å². The molecule has 0 atom stereocenters. The van der Waals surface area contributed by atoms with Crippen LogP contribution in [0, 0.1) is 5.41 Å². The summed E-state index contributed by atoms with van der Waals surface area (Å²) in [5.74, 6) is -0.0463. The van der Waals surface area contributed by atoms with E-state index in [2.05, 4.69) is 22.0 Å². The minimum absolute atomic E-state index is 0. The normalized spacial score (nSPS) is 14.8. The minimum Gasteiger partial charge on any atom is -0.355 e. The van der Waals surface area contributed by atoms with Gasteiger partial charge in [0, 0.05) is 31.5 Å². The van der Waals surface area contributed by atoms with Crippen LogP contribution in [-0.4, -0.2) is 38.0 Å². The highest BCUT2D eigenvalue weighted by Crippen LogP contribution is 2.12. The summed E-state index contributed by atoms with van der Waals surface area (Å²) in [4.78, 5) is 23.2. The van der Waals surface area contributed by atoms with E-state index in [1.807, 2.05) is 20.8 Å². The Kier molecular flexibility index (Phi) is 8.49. The second-order valence-corrected chi connectivity index (χ2v) is 5.85. The average molecular weight is 304 g/mol. The zero-order valence-electron chi connectivity index (χ0n) is 12.5. The van der Waals surface area contributed by atoms with Gasteiger partial charge >= 0.3 is 0 Å². The van der Waals surface area contributed by atoms with Gasteiger partial charge in [0.2, 0.25) is 11.8 Å². The van der Waals surface area contributed by atoms with Gasteiger partial charge in [-0.25, -0.2) is 0 Å². The molecule has 1 heterocycles. The molecule has 0 spiro atoms. The maximum absolute atomic E-state index is 11.6. The van der Waals surface area contributed by atoms with Gasteiger partial charge in [-0.05, 0) is 13.0 Å². The Labute approximate surface area is 127 Å². The third-order valence-electron chi connectivity index (χ3n) is 2.99. The van der Waals surface area contributed by atoms with Crippen LogP contribution in [0.1, 0.15) is 33.6 Å². The van der Waals surface area contributed by atoms with Crippen LogP contribution in [0.5, 0.6) is 0 Å². The molecule has 20 heavy (non-hydrogen) atoms. The zero-order chi connectivity index (χ0) is 14.3. The van der Waals surface area contributed by atoms with E-state index < -0.39 is 5.41 Å². The lowest BCUT2D eigenvalue weighted by Crippen LogP contribution is -2.37. The van der Waals surface area contributed by atoms with Gasteiger partial charge in [0.15, 0.2) is 0 Å². The van der Waals surface area contributed by atoms with Crippen molar-refractivity contribution in [3.8, 4) is 0 Å². The number of nitrogens with one attached hydrogen (secondary N) is 3. The number of carbonyl (C=O) groups excluding carboxylic acids is 2. The molecule has 1 aliphatic heterocycles. The first kappa shape index (κ1) is 18.9. The molecule has 1 aliphatic rings. The third kappa shape index (κ3) is 7.50. The number of rotatable bonds is 5. The summed E-state index contributed by atoms with van der Waals surface area (Å²) in [6.45, 7) is 8.43. The van der Waals surface area contributed by atoms with E-state index in [1.165, 1.54) is 5.57 Å². The molecule has 0 saturated carbocycles. The largest absolute Gasteiger partial charge is 0.355 e. The van der Waals surface area contributed by atoms with Gasteiger partial charge in [0.1, 0.15) is 0 Å². The number of amides is 2. The maximum Gasteiger partial charge on any atom is 0.225 e. The van der Waals surface area contributed by atoms with Crippen LogP contribution < -0.4 is 16.0 Å². The second kappa shape index (κ2) is 8.97. The lowest BCUT2D eigenvalue weighted by atomic mass is 9.96. The first-order valence-electron chi connectivity index (χ1n) is 6.83. The zero-order valence-corrected chi connectivity index (χ0v) is 13.4. The van der Waals surface area contributed by atoms with Crippen LogP contribution in [-0.2, 0) is 9.59 Å². The Morgan fingerprint density at radius 3 is 2.55 bits per heavy atom. The van der Waals surface area contributed by atoms with Gasteiger partial charge < -0.3 is 16.0 Å². The molecule has 0 radical (unpaired) electrons. The van der Waals surface area contributed by atoms with Gasteiger partial charge in [-0.2, -0.15) is 0 Å². The Balaban J connectivity index is 0.00000361. The van der Waals surface area contributed by atoms with E-state index in [9.17, 15) is 9.59 Å². The molecule has 0 saturated heterocycles. The maximum atomic E-state index is 11.6. The van der Waals surface area contributed by atoms with Crippen molar-refractivity contribution in [2.24, 2.45) is 5.41 Å². The minimum atomic E-state index is -0.406. The molecule has 0 aromatic heterocycles. The van der Waals surface area contributed by atoms with E-state index in [0.29, 0.717) is 19.5 Å². The van der Waals surface area contributed by atoms with Gasteiger partial charge in [-0.3, -0.25) is 9.59 Å². The second-order valence-electron chi connectivity index (χ2n) is 5.85. The molecular formula is C14H26ClN3O2. The molecule has 3 N–H and O–H groups in total. The van der Waals surface area contributed by atoms with Crippen molar-refractivity contribution < 1.29 is 9.59 Å². The van der Waals surface area contributed by atoms with Crippen molar-refractivity contribution in [2.75, 3.05) is 26.2 Å². The van der Waals surface area contributed by atoms with Gasteiger partial charge in [-0.15, -0.1) is 12.4 Å². The summed E-state index contributed by atoms with van der Waals surface area (Å²) >= 11 is 0. The molecule has 0 fully saturated rings. The summed E-state index contributed by atoms with van der Waals surface area (Å²) < 4.78 is 0. The summed E-state index contributed by atoms with van der Waals surface area (Å²) in [5.41, 5.74) is 0.863. The van der Waals surface area contributed by atoms with E-state index >= 15 is 0 Å². The number of hydrogen-bond donors (Lipinski definition) is 3. The molecule has 6 heteroatoms.